The molecule has 1 aromatic rings. The number of carbonyl (C=O) groups is 2. The highest BCUT2D eigenvalue weighted by atomic mass is 16.2. The topological polar surface area (TPSA) is 99.9 Å². The van der Waals surface area contributed by atoms with Gasteiger partial charge in [-0.15, -0.1) is 0 Å². The van der Waals surface area contributed by atoms with E-state index < -0.39 is 22.7 Å². The van der Waals surface area contributed by atoms with Gasteiger partial charge < -0.3 is 9.97 Å². The smallest absolute Gasteiger partial charge is 0.314 e. The van der Waals surface area contributed by atoms with Crippen LogP contribution < -0.4 is 11.1 Å². The first-order chi connectivity index (χ1) is 6.59. The minimum absolute atomic E-state index is 0.152. The summed E-state index contributed by atoms with van der Waals surface area (Å²) in [7, 11) is 0. The van der Waals surface area contributed by atoms with E-state index in [1.54, 1.807) is 0 Å². The van der Waals surface area contributed by atoms with Crippen molar-refractivity contribution in [2.45, 2.75) is 0 Å². The van der Waals surface area contributed by atoms with Crippen molar-refractivity contribution in [1.82, 2.24) is 9.97 Å². The van der Waals surface area contributed by atoms with Gasteiger partial charge >= 0.3 is 11.1 Å². The van der Waals surface area contributed by atoms with Gasteiger partial charge in [-0.1, -0.05) is 0 Å². The van der Waals surface area contributed by atoms with Crippen LogP contribution in [-0.2, 0) is 4.79 Å². The summed E-state index contributed by atoms with van der Waals surface area (Å²) in [6.45, 7) is 0. The number of H-pyrrole nitrogens is 2. The van der Waals surface area contributed by atoms with Crippen LogP contribution in [0.5, 0.6) is 0 Å². The third-order valence-electron chi connectivity index (χ3n) is 1.81. The number of aromatic nitrogens is 2. The molecule has 2 N–H and O–H groups in total. The molecule has 1 aliphatic rings. The van der Waals surface area contributed by atoms with Crippen molar-refractivity contribution in [3.05, 3.63) is 38.2 Å². The van der Waals surface area contributed by atoms with Crippen LogP contribution in [0.1, 0.15) is 16.2 Å². The van der Waals surface area contributed by atoms with Crippen LogP contribution in [0.15, 0.2) is 15.7 Å². The molecule has 0 saturated heterocycles. The first-order valence-electron chi connectivity index (χ1n) is 3.73. The highest BCUT2D eigenvalue weighted by Crippen LogP contribution is 2.09. The molecule has 1 heterocycles. The Bertz CT molecular complexity index is 576. The fraction of sp³-hybridized carbons (Fsp3) is 0. The summed E-state index contributed by atoms with van der Waals surface area (Å²) >= 11 is 0. The lowest BCUT2D eigenvalue weighted by atomic mass is 10.1. The Morgan fingerprint density at radius 2 is 1.50 bits per heavy atom. The van der Waals surface area contributed by atoms with Crippen LogP contribution in [0, 0.1) is 0 Å². The van der Waals surface area contributed by atoms with Gasteiger partial charge in [-0.2, -0.15) is 0 Å². The molecule has 6 nitrogen and oxygen atoms in total. The van der Waals surface area contributed by atoms with Gasteiger partial charge in [-0.3, -0.25) is 19.2 Å². The second-order valence-electron chi connectivity index (χ2n) is 2.72. The predicted molar refractivity (Wildman–Crippen MR) is 46.1 cm³/mol. The van der Waals surface area contributed by atoms with E-state index in [-0.39, 0.29) is 11.4 Å². The lowest BCUT2D eigenvalue weighted by Crippen LogP contribution is -2.34. The fourth-order valence-electron chi connectivity index (χ4n) is 1.14. The second-order valence-corrected chi connectivity index (χ2v) is 2.72. The quantitative estimate of drug-likeness (QED) is 0.506. The molecule has 0 saturated carbocycles. The standard InChI is InChI=1S/C8H4N2O4/c11-4-2-1-3-5(6(4)12)10-8(14)7(13)9-3/h1-2H,(H,9,13)(H,10,14). The first-order valence-corrected chi connectivity index (χ1v) is 3.73. The summed E-state index contributed by atoms with van der Waals surface area (Å²) in [5.74, 6) is -1.55. The zero-order valence-electron chi connectivity index (χ0n) is 6.79. The predicted octanol–water partition coefficient (Wildman–Crippen LogP) is -1.16. The largest absolute Gasteiger partial charge is 0.316 e. The SMILES string of the molecule is O=C1C=Cc2[nH]c(=O)c(=O)[nH]c2C1=O. The van der Waals surface area contributed by atoms with Crippen molar-refractivity contribution < 1.29 is 9.59 Å². The molecule has 14 heavy (non-hydrogen) atoms. The molecule has 1 aromatic heterocycles. The van der Waals surface area contributed by atoms with Crippen molar-refractivity contribution in [1.29, 1.82) is 0 Å². The molecular formula is C8H4N2O4. The number of carbonyl (C=O) groups excluding carboxylic acids is 2. The van der Waals surface area contributed by atoms with E-state index in [1.807, 2.05) is 0 Å². The molecule has 0 bridgehead atoms. The summed E-state index contributed by atoms with van der Waals surface area (Å²) < 4.78 is 0. The van der Waals surface area contributed by atoms with E-state index in [2.05, 4.69) is 9.97 Å². The number of aromatic amines is 2. The van der Waals surface area contributed by atoms with Crippen LogP contribution in [0.4, 0.5) is 0 Å². The summed E-state index contributed by atoms with van der Waals surface area (Å²) in [5.41, 5.74) is -1.81. The van der Waals surface area contributed by atoms with Crippen LogP contribution in [0.2, 0.25) is 0 Å². The highest BCUT2D eigenvalue weighted by Gasteiger charge is 2.22. The van der Waals surface area contributed by atoms with Gasteiger partial charge in [0.2, 0.25) is 5.78 Å². The molecule has 0 atom stereocenters. The van der Waals surface area contributed by atoms with Gasteiger partial charge in [-0.25, -0.2) is 0 Å². The maximum Gasteiger partial charge on any atom is 0.314 e. The highest BCUT2D eigenvalue weighted by molar-refractivity contribution is 6.49. The Morgan fingerprint density at radius 1 is 0.857 bits per heavy atom. The number of allylic oxidation sites excluding steroid dienone is 1. The summed E-state index contributed by atoms with van der Waals surface area (Å²) in [4.78, 5) is 48.0. The Labute approximate surface area is 76.3 Å². The van der Waals surface area contributed by atoms with Gasteiger partial charge in [0.1, 0.15) is 5.69 Å². The van der Waals surface area contributed by atoms with Gasteiger partial charge in [0.25, 0.3) is 5.78 Å². The molecule has 70 valence electrons. The minimum atomic E-state index is -0.944. The number of hydrogen-bond acceptors (Lipinski definition) is 4. The van der Waals surface area contributed by atoms with Gasteiger partial charge in [0.05, 0.1) is 5.69 Å². The van der Waals surface area contributed by atoms with E-state index in [4.69, 9.17) is 0 Å². The Kier molecular flexibility index (Phi) is 1.57. The molecule has 0 aromatic carbocycles. The molecule has 2 rings (SSSR count). The third kappa shape index (κ3) is 1.05. The number of hydrogen-bond donors (Lipinski definition) is 2. The van der Waals surface area contributed by atoms with Crippen LogP contribution >= 0.6 is 0 Å². The van der Waals surface area contributed by atoms with Crippen molar-refractivity contribution in [2.24, 2.45) is 0 Å². The first kappa shape index (κ1) is 8.36. The van der Waals surface area contributed by atoms with Crippen LogP contribution in [-0.4, -0.2) is 21.5 Å². The molecule has 0 amide bonds. The van der Waals surface area contributed by atoms with E-state index in [1.165, 1.54) is 6.08 Å². The number of Topliss-reactive ketones (excluding diaryl/α,β-unsaturated/α-hetero) is 1. The maximum atomic E-state index is 11.2. The maximum absolute atomic E-state index is 11.2. The Morgan fingerprint density at radius 3 is 2.21 bits per heavy atom. The van der Waals surface area contributed by atoms with Crippen molar-refractivity contribution >= 4 is 17.6 Å². The summed E-state index contributed by atoms with van der Waals surface area (Å²) in [6, 6.07) is 0. The molecule has 0 spiro atoms. The second kappa shape index (κ2) is 2.63. The van der Waals surface area contributed by atoms with Crippen molar-refractivity contribution in [3.63, 3.8) is 0 Å². The zero-order valence-corrected chi connectivity index (χ0v) is 6.79. The number of ketones is 2. The number of nitrogens with one attached hydrogen (secondary N) is 2. The monoisotopic (exact) mass is 192 g/mol. The Hall–Kier alpha value is -2.24. The van der Waals surface area contributed by atoms with E-state index >= 15 is 0 Å². The molecular weight excluding hydrogens is 188 g/mol. The molecule has 0 radical (unpaired) electrons. The van der Waals surface area contributed by atoms with Crippen LogP contribution in [0.3, 0.4) is 0 Å². The Balaban J connectivity index is 2.83. The van der Waals surface area contributed by atoms with Crippen molar-refractivity contribution in [3.8, 4) is 0 Å². The molecule has 0 fully saturated rings. The lowest BCUT2D eigenvalue weighted by molar-refractivity contribution is -0.111. The average Bonchev–Trinajstić information content (AvgIpc) is 2.15. The lowest BCUT2D eigenvalue weighted by Gasteiger charge is -2.05. The normalized spacial score (nSPS) is 14.3. The van der Waals surface area contributed by atoms with Gasteiger partial charge in [0.15, 0.2) is 0 Å². The number of rotatable bonds is 0. The van der Waals surface area contributed by atoms with Gasteiger partial charge in [0, 0.05) is 0 Å². The fourth-order valence-corrected chi connectivity index (χ4v) is 1.14. The molecule has 0 aliphatic heterocycles. The number of fused-ring (bicyclic) bond motifs is 1. The van der Waals surface area contributed by atoms with E-state index in [0.29, 0.717) is 0 Å². The van der Waals surface area contributed by atoms with E-state index in [9.17, 15) is 19.2 Å². The van der Waals surface area contributed by atoms with Gasteiger partial charge in [-0.05, 0) is 12.2 Å². The molecule has 0 unspecified atom stereocenters. The molecule has 6 heteroatoms. The summed E-state index contributed by atoms with van der Waals surface area (Å²) in [5, 5.41) is 0. The minimum Gasteiger partial charge on any atom is -0.316 e. The zero-order chi connectivity index (χ0) is 10.3. The average molecular weight is 192 g/mol. The van der Waals surface area contributed by atoms with E-state index in [0.717, 1.165) is 6.08 Å². The summed E-state index contributed by atoms with van der Waals surface area (Å²) in [6.07, 6.45) is 2.31. The van der Waals surface area contributed by atoms with Crippen LogP contribution in [0.25, 0.3) is 6.08 Å². The van der Waals surface area contributed by atoms with Crippen molar-refractivity contribution in [2.75, 3.05) is 0 Å². The third-order valence-corrected chi connectivity index (χ3v) is 1.81. The molecule has 1 aliphatic carbocycles.